The summed E-state index contributed by atoms with van der Waals surface area (Å²) in [7, 11) is 1.69. The minimum atomic E-state index is 0.0464. The first-order chi connectivity index (χ1) is 7.72. The van der Waals surface area contributed by atoms with Crippen LogP contribution in [0, 0.1) is 0 Å². The van der Waals surface area contributed by atoms with Crippen LogP contribution in [0.25, 0.3) is 0 Å². The number of hydrogen-bond acceptors (Lipinski definition) is 3. The van der Waals surface area contributed by atoms with Crippen molar-refractivity contribution < 1.29 is 9.53 Å². The molecule has 86 valence electrons. The number of carbonyl (C=O) groups is 1. The highest BCUT2D eigenvalue weighted by atomic mass is 32.1. The van der Waals surface area contributed by atoms with Crippen LogP contribution in [0.5, 0.6) is 0 Å². The summed E-state index contributed by atoms with van der Waals surface area (Å²) in [4.78, 5) is 14.7. The molecule has 1 amide bonds. The molecule has 1 unspecified atom stereocenters. The predicted octanol–water partition coefficient (Wildman–Crippen LogP) is 1.84. The van der Waals surface area contributed by atoms with Gasteiger partial charge in [-0.2, -0.15) is 0 Å². The topological polar surface area (TPSA) is 29.5 Å². The molecule has 16 heavy (non-hydrogen) atoms. The van der Waals surface area contributed by atoms with Gasteiger partial charge in [-0.05, 0) is 18.6 Å². The van der Waals surface area contributed by atoms with E-state index in [1.54, 1.807) is 7.11 Å². The van der Waals surface area contributed by atoms with E-state index in [0.29, 0.717) is 12.1 Å². The average molecular weight is 237 g/mol. The van der Waals surface area contributed by atoms with Gasteiger partial charge in [0.05, 0.1) is 11.7 Å². The van der Waals surface area contributed by atoms with E-state index in [9.17, 15) is 4.79 Å². The van der Waals surface area contributed by atoms with Crippen LogP contribution in [-0.2, 0) is 4.74 Å². The maximum atomic E-state index is 12.2. The van der Waals surface area contributed by atoms with Crippen LogP contribution in [0.2, 0.25) is 0 Å². The van der Waals surface area contributed by atoms with Gasteiger partial charge in [0, 0.05) is 25.1 Å². The van der Waals surface area contributed by atoms with Crippen molar-refractivity contribution in [3.63, 3.8) is 0 Å². The number of hydrogen-bond donors (Lipinski definition) is 1. The lowest BCUT2D eigenvalue weighted by Crippen LogP contribution is -2.30. The fraction of sp³-hybridized carbons (Fsp3) is 0.417. The Hall–Kier alpha value is -1.00. The summed E-state index contributed by atoms with van der Waals surface area (Å²) >= 11 is 4.30. The molecule has 0 spiro atoms. The van der Waals surface area contributed by atoms with Crippen LogP contribution < -0.4 is 0 Å². The molecule has 1 saturated heterocycles. The van der Waals surface area contributed by atoms with Gasteiger partial charge in [0.1, 0.15) is 0 Å². The fourth-order valence-electron chi connectivity index (χ4n) is 1.93. The number of ether oxygens (including phenoxy) is 1. The molecule has 1 heterocycles. The Kier molecular flexibility index (Phi) is 3.51. The average Bonchev–Trinajstić information content (AvgIpc) is 2.77. The van der Waals surface area contributed by atoms with E-state index < -0.39 is 0 Å². The first-order valence-corrected chi connectivity index (χ1v) is 5.77. The summed E-state index contributed by atoms with van der Waals surface area (Å²) in [6.45, 7) is 1.44. The number of methoxy groups -OCH3 is 1. The Morgan fingerprint density at radius 1 is 1.50 bits per heavy atom. The van der Waals surface area contributed by atoms with Crippen LogP contribution in [0.3, 0.4) is 0 Å². The van der Waals surface area contributed by atoms with Crippen LogP contribution in [0.1, 0.15) is 16.8 Å². The molecular formula is C12H15NO2S. The molecule has 4 heteroatoms. The van der Waals surface area contributed by atoms with Crippen molar-refractivity contribution in [2.24, 2.45) is 0 Å². The highest BCUT2D eigenvalue weighted by Crippen LogP contribution is 2.19. The highest BCUT2D eigenvalue weighted by molar-refractivity contribution is 7.80. The van der Waals surface area contributed by atoms with Crippen molar-refractivity contribution >= 4 is 18.5 Å². The molecular weight excluding hydrogens is 222 g/mol. The molecule has 0 aliphatic carbocycles. The van der Waals surface area contributed by atoms with Gasteiger partial charge < -0.3 is 9.64 Å². The van der Waals surface area contributed by atoms with Gasteiger partial charge in [0.25, 0.3) is 5.91 Å². The van der Waals surface area contributed by atoms with Crippen molar-refractivity contribution in [1.29, 1.82) is 0 Å². The van der Waals surface area contributed by atoms with E-state index >= 15 is 0 Å². The van der Waals surface area contributed by atoms with Crippen molar-refractivity contribution in [3.05, 3.63) is 29.8 Å². The lowest BCUT2D eigenvalue weighted by molar-refractivity contribution is 0.0721. The normalized spacial score (nSPS) is 20.1. The lowest BCUT2D eigenvalue weighted by atomic mass is 10.2. The summed E-state index contributed by atoms with van der Waals surface area (Å²) < 4.78 is 5.24. The van der Waals surface area contributed by atoms with Crippen LogP contribution in [0.15, 0.2) is 29.2 Å². The van der Waals surface area contributed by atoms with E-state index in [1.807, 2.05) is 29.2 Å². The summed E-state index contributed by atoms with van der Waals surface area (Å²) in [6.07, 6.45) is 1.09. The lowest BCUT2D eigenvalue weighted by Gasteiger charge is -2.17. The minimum absolute atomic E-state index is 0.0464. The zero-order valence-corrected chi connectivity index (χ0v) is 10.1. The Bertz CT molecular complexity index is 394. The molecule has 1 aliphatic rings. The number of nitrogens with zero attached hydrogens (tertiary/aromatic N) is 1. The third-order valence-electron chi connectivity index (χ3n) is 2.90. The van der Waals surface area contributed by atoms with Gasteiger partial charge >= 0.3 is 0 Å². The Balaban J connectivity index is 2.12. The van der Waals surface area contributed by atoms with Crippen molar-refractivity contribution in [2.75, 3.05) is 20.2 Å². The second-order valence-corrected chi connectivity index (χ2v) is 4.40. The van der Waals surface area contributed by atoms with Crippen LogP contribution in [0.4, 0.5) is 0 Å². The molecule has 0 N–H and O–H groups in total. The third-order valence-corrected chi connectivity index (χ3v) is 3.29. The van der Waals surface area contributed by atoms with Crippen molar-refractivity contribution in [1.82, 2.24) is 4.90 Å². The van der Waals surface area contributed by atoms with Gasteiger partial charge in [-0.15, -0.1) is 12.6 Å². The second-order valence-electron chi connectivity index (χ2n) is 3.91. The molecule has 0 radical (unpaired) electrons. The molecule has 1 fully saturated rings. The zero-order chi connectivity index (χ0) is 11.5. The molecule has 1 aromatic carbocycles. The largest absolute Gasteiger partial charge is 0.380 e. The quantitative estimate of drug-likeness (QED) is 0.795. The van der Waals surface area contributed by atoms with E-state index in [-0.39, 0.29) is 12.0 Å². The number of carbonyl (C=O) groups excluding carboxylic acids is 1. The summed E-state index contributed by atoms with van der Waals surface area (Å²) in [5, 5.41) is 0. The number of thiol groups is 1. The Labute approximate surface area is 101 Å². The maximum absolute atomic E-state index is 12.2. The second kappa shape index (κ2) is 4.89. The molecule has 0 saturated carbocycles. The van der Waals surface area contributed by atoms with Gasteiger partial charge in [-0.25, -0.2) is 0 Å². The van der Waals surface area contributed by atoms with Crippen molar-refractivity contribution in [3.8, 4) is 0 Å². The standard InChI is InChI=1S/C12H15NO2S/c1-15-9-6-7-13(8-9)12(14)10-4-2-3-5-11(10)16/h2-5,9,16H,6-8H2,1H3. The molecule has 1 atom stereocenters. The Morgan fingerprint density at radius 2 is 2.25 bits per heavy atom. The Morgan fingerprint density at radius 3 is 2.88 bits per heavy atom. The SMILES string of the molecule is COC1CCN(C(=O)c2ccccc2S)C1. The fourth-order valence-corrected chi connectivity index (χ4v) is 2.19. The van der Waals surface area contributed by atoms with Gasteiger partial charge in [-0.1, -0.05) is 12.1 Å². The maximum Gasteiger partial charge on any atom is 0.255 e. The van der Waals surface area contributed by atoms with E-state index in [1.165, 1.54) is 0 Å². The van der Waals surface area contributed by atoms with Gasteiger partial charge in [0.15, 0.2) is 0 Å². The first-order valence-electron chi connectivity index (χ1n) is 5.32. The molecule has 0 aromatic heterocycles. The van der Waals surface area contributed by atoms with Crippen LogP contribution >= 0.6 is 12.6 Å². The molecule has 1 aromatic rings. The zero-order valence-electron chi connectivity index (χ0n) is 9.22. The van der Waals surface area contributed by atoms with E-state index in [2.05, 4.69) is 12.6 Å². The third kappa shape index (κ3) is 2.23. The molecule has 3 nitrogen and oxygen atoms in total. The summed E-state index contributed by atoms with van der Waals surface area (Å²) in [5.41, 5.74) is 0.669. The summed E-state index contributed by atoms with van der Waals surface area (Å²) in [5.74, 6) is 0.0464. The van der Waals surface area contributed by atoms with Crippen LogP contribution in [-0.4, -0.2) is 37.1 Å². The van der Waals surface area contributed by atoms with E-state index in [0.717, 1.165) is 17.9 Å². The highest BCUT2D eigenvalue weighted by Gasteiger charge is 2.27. The number of benzene rings is 1. The molecule has 1 aliphatic heterocycles. The number of rotatable bonds is 2. The van der Waals surface area contributed by atoms with Gasteiger partial charge in [-0.3, -0.25) is 4.79 Å². The first kappa shape index (κ1) is 11.5. The van der Waals surface area contributed by atoms with Crippen molar-refractivity contribution in [2.45, 2.75) is 17.4 Å². The molecule has 0 bridgehead atoms. The minimum Gasteiger partial charge on any atom is -0.380 e. The smallest absolute Gasteiger partial charge is 0.255 e. The molecule has 2 rings (SSSR count). The monoisotopic (exact) mass is 237 g/mol. The predicted molar refractivity (Wildman–Crippen MR) is 65.0 cm³/mol. The van der Waals surface area contributed by atoms with E-state index in [4.69, 9.17) is 4.74 Å². The number of likely N-dealkylation sites (tertiary alicyclic amines) is 1. The summed E-state index contributed by atoms with van der Waals surface area (Å²) in [6, 6.07) is 7.38. The van der Waals surface area contributed by atoms with Gasteiger partial charge in [0.2, 0.25) is 0 Å². The number of amides is 1.